The van der Waals surface area contributed by atoms with E-state index in [4.69, 9.17) is 10.8 Å². The first-order valence-corrected chi connectivity index (χ1v) is 18.6. The Labute approximate surface area is 311 Å². The van der Waals surface area contributed by atoms with Gasteiger partial charge in [0.2, 0.25) is 0 Å². The Hall–Kier alpha value is -5.68. The molecule has 1 amide bonds. The highest BCUT2D eigenvalue weighted by Gasteiger charge is 2.16. The van der Waals surface area contributed by atoms with Crippen molar-refractivity contribution in [3.63, 3.8) is 0 Å². The zero-order valence-electron chi connectivity index (χ0n) is 30.6. The van der Waals surface area contributed by atoms with E-state index in [-0.39, 0.29) is 23.7 Å². The Morgan fingerprint density at radius 1 is 0.642 bits per heavy atom. The van der Waals surface area contributed by atoms with Gasteiger partial charge in [0.25, 0.3) is 5.91 Å². The molecule has 0 unspecified atom stereocenters. The van der Waals surface area contributed by atoms with Crippen LogP contribution in [-0.2, 0) is 0 Å². The van der Waals surface area contributed by atoms with Crippen molar-refractivity contribution < 1.29 is 14.7 Å². The second kappa shape index (κ2) is 17.7. The van der Waals surface area contributed by atoms with E-state index in [0.717, 1.165) is 29.7 Å². The molecule has 0 bridgehead atoms. The molecule has 11 nitrogen and oxygen atoms in total. The number of pyridine rings is 2. The third-order valence-electron chi connectivity index (χ3n) is 9.79. The minimum absolute atomic E-state index is 0.0669. The van der Waals surface area contributed by atoms with Crippen LogP contribution in [0.4, 0.5) is 11.4 Å². The van der Waals surface area contributed by atoms with E-state index in [1.807, 2.05) is 50.4 Å². The number of rotatable bonds is 7. The summed E-state index contributed by atoms with van der Waals surface area (Å²) in [6.07, 6.45) is 11.5. The number of nitrogens with one attached hydrogen (secondary N) is 1. The Kier molecular flexibility index (Phi) is 12.4. The van der Waals surface area contributed by atoms with E-state index >= 15 is 0 Å². The van der Waals surface area contributed by atoms with Crippen molar-refractivity contribution in [3.05, 3.63) is 132 Å². The molecule has 11 heteroatoms. The minimum atomic E-state index is -1.00. The molecule has 2 aromatic carbocycles. The van der Waals surface area contributed by atoms with Crippen molar-refractivity contribution in [1.82, 2.24) is 24.5 Å². The number of hydrogen-bond acceptors (Lipinski definition) is 7. The van der Waals surface area contributed by atoms with Crippen LogP contribution in [0.15, 0.2) is 109 Å². The van der Waals surface area contributed by atoms with Gasteiger partial charge in [-0.3, -0.25) is 4.79 Å². The molecular formula is C42H50N8O3. The predicted molar refractivity (Wildman–Crippen MR) is 211 cm³/mol. The quantitative estimate of drug-likeness (QED) is 0.155. The molecule has 2 aliphatic rings. The molecule has 2 saturated heterocycles. The van der Waals surface area contributed by atoms with Gasteiger partial charge in [-0.05, 0) is 124 Å². The number of amides is 1. The number of piperidine rings is 2. The second-order valence-corrected chi connectivity index (χ2v) is 13.8. The van der Waals surface area contributed by atoms with E-state index in [1.165, 1.54) is 79.1 Å². The molecule has 8 rings (SSSR count). The fraction of sp³-hybridized carbons (Fsp3) is 0.333. The number of carboxylic acid groups (broad SMARTS) is 1. The topological polar surface area (TPSA) is 134 Å². The smallest absolute Gasteiger partial charge is 0.356 e. The van der Waals surface area contributed by atoms with Gasteiger partial charge in [-0.25, -0.2) is 13.8 Å². The molecular weight excluding hydrogens is 665 g/mol. The molecule has 2 aliphatic heterocycles. The summed E-state index contributed by atoms with van der Waals surface area (Å²) in [4.78, 5) is 27.9. The number of nitrogens with two attached hydrogens (primary N) is 1. The number of carbonyl (C=O) groups is 2. The fourth-order valence-corrected chi connectivity index (χ4v) is 6.71. The lowest BCUT2D eigenvalue weighted by Crippen LogP contribution is -2.29. The van der Waals surface area contributed by atoms with Gasteiger partial charge in [0, 0.05) is 56.0 Å². The molecule has 6 heterocycles. The molecule has 0 spiro atoms. The van der Waals surface area contributed by atoms with Crippen LogP contribution in [0.2, 0.25) is 0 Å². The highest BCUT2D eigenvalue weighted by Crippen LogP contribution is 2.24. The molecule has 276 valence electrons. The maximum atomic E-state index is 12.5. The highest BCUT2D eigenvalue weighted by molar-refractivity contribution is 5.93. The molecule has 0 radical (unpaired) electrons. The standard InChI is InChI=1S/C21H24N4O.C13H20N2.C8H6N2O2/c1-16(17-8-10-18(11-9-17)24-12-4-2-5-13-24)22-21(26)20-15-19-7-3-6-14-25(19)23-20;1-11(14)12-5-7-13(8-6-12)15-9-3-2-4-10-15;11-8(12)7-5-6-3-1-2-4-10(6)9-7/h3,6-11,14-16H,2,4-5,12-13H2,1H3,(H,22,26);5-8,11H,2-4,9-10,14H2,1H3;1-5H,(H,11,12)/t16-;11-;/m11./s1. The van der Waals surface area contributed by atoms with Crippen LogP contribution < -0.4 is 20.9 Å². The number of nitrogens with zero attached hydrogens (tertiary/aromatic N) is 6. The number of benzene rings is 2. The third kappa shape index (κ3) is 9.81. The van der Waals surface area contributed by atoms with Crippen LogP contribution in [0.25, 0.3) is 11.0 Å². The number of carbonyl (C=O) groups excluding carboxylic acids is 1. The largest absolute Gasteiger partial charge is 0.476 e. The van der Waals surface area contributed by atoms with Gasteiger partial charge < -0.3 is 26.0 Å². The average molecular weight is 715 g/mol. The lowest BCUT2D eigenvalue weighted by molar-refractivity contribution is 0.0689. The number of anilines is 2. The van der Waals surface area contributed by atoms with Gasteiger partial charge in [-0.2, -0.15) is 10.2 Å². The zero-order chi connectivity index (χ0) is 37.2. The predicted octanol–water partition coefficient (Wildman–Crippen LogP) is 7.54. The first-order chi connectivity index (χ1) is 25.7. The Morgan fingerprint density at radius 3 is 1.55 bits per heavy atom. The fourth-order valence-electron chi connectivity index (χ4n) is 6.71. The lowest BCUT2D eigenvalue weighted by Gasteiger charge is -2.29. The summed E-state index contributed by atoms with van der Waals surface area (Å²) in [5, 5.41) is 19.8. The van der Waals surface area contributed by atoms with Gasteiger partial charge in [0.1, 0.15) is 0 Å². The molecule has 4 N–H and O–H groups in total. The van der Waals surface area contributed by atoms with Gasteiger partial charge in [-0.1, -0.05) is 36.4 Å². The molecule has 53 heavy (non-hydrogen) atoms. The lowest BCUT2D eigenvalue weighted by atomic mass is 10.1. The minimum Gasteiger partial charge on any atom is -0.476 e. The summed E-state index contributed by atoms with van der Waals surface area (Å²) >= 11 is 0. The van der Waals surface area contributed by atoms with E-state index in [1.54, 1.807) is 22.8 Å². The van der Waals surface area contributed by atoms with Crippen molar-refractivity contribution in [2.24, 2.45) is 5.73 Å². The maximum absolute atomic E-state index is 12.5. The summed E-state index contributed by atoms with van der Waals surface area (Å²) in [5.41, 5.74) is 13.0. The van der Waals surface area contributed by atoms with Gasteiger partial charge in [-0.15, -0.1) is 0 Å². The Balaban J connectivity index is 0.000000150. The normalized spacial score (nSPS) is 15.5. The summed E-state index contributed by atoms with van der Waals surface area (Å²) < 4.78 is 3.25. The van der Waals surface area contributed by atoms with Gasteiger partial charge >= 0.3 is 5.97 Å². The molecule has 4 aromatic heterocycles. The second-order valence-electron chi connectivity index (χ2n) is 13.8. The molecule has 0 aliphatic carbocycles. The van der Waals surface area contributed by atoms with Crippen molar-refractivity contribution >= 4 is 34.3 Å². The summed E-state index contributed by atoms with van der Waals surface area (Å²) in [5.74, 6) is -1.15. The zero-order valence-corrected chi connectivity index (χ0v) is 30.6. The van der Waals surface area contributed by atoms with E-state index in [0.29, 0.717) is 5.69 Å². The van der Waals surface area contributed by atoms with Crippen LogP contribution >= 0.6 is 0 Å². The van der Waals surface area contributed by atoms with E-state index in [2.05, 4.69) is 73.8 Å². The maximum Gasteiger partial charge on any atom is 0.356 e. The number of aromatic carboxylic acids is 1. The van der Waals surface area contributed by atoms with Crippen LogP contribution in [0.5, 0.6) is 0 Å². The molecule has 0 saturated carbocycles. The van der Waals surface area contributed by atoms with Gasteiger partial charge in [0.05, 0.1) is 17.1 Å². The average Bonchev–Trinajstić information content (AvgIpc) is 3.85. The first kappa shape index (κ1) is 37.1. The highest BCUT2D eigenvalue weighted by atomic mass is 16.4. The van der Waals surface area contributed by atoms with Gasteiger partial charge in [0.15, 0.2) is 11.4 Å². The number of aromatic nitrogens is 4. The van der Waals surface area contributed by atoms with Crippen molar-refractivity contribution in [3.8, 4) is 0 Å². The number of carboxylic acids is 1. The summed E-state index contributed by atoms with van der Waals surface area (Å²) in [7, 11) is 0. The molecule has 2 fully saturated rings. The summed E-state index contributed by atoms with van der Waals surface area (Å²) in [6, 6.07) is 31.9. The SMILES string of the molecule is C[C@@H](N)c1ccc(N2CCCCC2)cc1.C[C@@H](NC(=O)c1cc2ccccn2n1)c1ccc(N2CCCCC2)cc1.O=C(O)c1cc2ccccn2n1. The van der Waals surface area contributed by atoms with Crippen LogP contribution in [0, 0.1) is 0 Å². The van der Waals surface area contributed by atoms with Crippen LogP contribution in [0.3, 0.4) is 0 Å². The first-order valence-electron chi connectivity index (χ1n) is 18.6. The third-order valence-corrected chi connectivity index (χ3v) is 9.79. The van der Waals surface area contributed by atoms with Crippen molar-refractivity contribution in [1.29, 1.82) is 0 Å². The van der Waals surface area contributed by atoms with E-state index in [9.17, 15) is 9.59 Å². The molecule has 2 atom stereocenters. The summed E-state index contributed by atoms with van der Waals surface area (Å²) in [6.45, 7) is 8.72. The van der Waals surface area contributed by atoms with Crippen molar-refractivity contribution in [2.45, 2.75) is 64.5 Å². The molecule has 6 aromatic rings. The number of hydrogen-bond donors (Lipinski definition) is 3. The van der Waals surface area contributed by atoms with Crippen LogP contribution in [0.1, 0.15) is 96.6 Å². The van der Waals surface area contributed by atoms with E-state index < -0.39 is 5.97 Å². The van der Waals surface area contributed by atoms with Crippen molar-refractivity contribution in [2.75, 3.05) is 36.0 Å². The number of fused-ring (bicyclic) bond motifs is 2. The Bertz CT molecular complexity index is 2010. The Morgan fingerprint density at radius 2 is 1.09 bits per heavy atom. The monoisotopic (exact) mass is 714 g/mol. The van der Waals surface area contributed by atoms with Crippen LogP contribution in [-0.4, -0.2) is 62.4 Å².